The number of amides is 2. The summed E-state index contributed by atoms with van der Waals surface area (Å²) in [4.78, 5) is 25.1. The van der Waals surface area contributed by atoms with E-state index in [9.17, 15) is 22.8 Å². The highest BCUT2D eigenvalue weighted by Crippen LogP contribution is 2.22. The van der Waals surface area contributed by atoms with Crippen molar-refractivity contribution in [3.8, 4) is 5.75 Å². The van der Waals surface area contributed by atoms with Crippen molar-refractivity contribution in [3.05, 3.63) is 29.8 Å². The van der Waals surface area contributed by atoms with Gasteiger partial charge in [0, 0.05) is 19.5 Å². The summed E-state index contributed by atoms with van der Waals surface area (Å²) in [6.45, 7) is -0.949. The van der Waals surface area contributed by atoms with Gasteiger partial charge in [0.15, 0.2) is 0 Å². The number of rotatable bonds is 5. The summed E-state index contributed by atoms with van der Waals surface area (Å²) in [5, 5.41) is 1.83. The summed E-state index contributed by atoms with van der Waals surface area (Å²) in [7, 11) is 1.54. The van der Waals surface area contributed by atoms with Crippen molar-refractivity contribution in [3.63, 3.8) is 0 Å². The Morgan fingerprint density at radius 2 is 2.00 bits per heavy atom. The molecule has 0 spiro atoms. The highest BCUT2D eigenvalue weighted by atomic mass is 19.4. The summed E-state index contributed by atoms with van der Waals surface area (Å²) in [6, 6.07) is 7.10. The Labute approximate surface area is 131 Å². The maximum atomic E-state index is 12.1. The van der Waals surface area contributed by atoms with Gasteiger partial charge in [-0.3, -0.25) is 9.59 Å². The molecule has 2 amide bonds. The lowest BCUT2D eigenvalue weighted by Gasteiger charge is -2.17. The van der Waals surface area contributed by atoms with Crippen LogP contribution in [0, 0.1) is 5.92 Å². The van der Waals surface area contributed by atoms with E-state index < -0.39 is 24.5 Å². The van der Waals surface area contributed by atoms with Crippen LogP contribution >= 0.6 is 0 Å². The lowest BCUT2D eigenvalue weighted by atomic mass is 10.1. The molecule has 0 saturated carbocycles. The fraction of sp³-hybridized carbons (Fsp3) is 0.467. The molecule has 1 fully saturated rings. The maximum Gasteiger partial charge on any atom is 0.405 e. The summed E-state index contributed by atoms with van der Waals surface area (Å²) in [5.74, 6) is -1.05. The van der Waals surface area contributed by atoms with Gasteiger partial charge in [0.05, 0.1) is 13.0 Å². The molecule has 1 N–H and O–H groups in total. The van der Waals surface area contributed by atoms with Gasteiger partial charge in [-0.1, -0.05) is 12.1 Å². The first kappa shape index (κ1) is 17.1. The van der Waals surface area contributed by atoms with Crippen LogP contribution in [-0.4, -0.2) is 43.1 Å². The number of carbonyl (C=O) groups is 2. The molecule has 2 rings (SSSR count). The van der Waals surface area contributed by atoms with E-state index in [-0.39, 0.29) is 18.9 Å². The van der Waals surface area contributed by atoms with Gasteiger partial charge in [0.2, 0.25) is 11.8 Å². The Morgan fingerprint density at radius 3 is 2.57 bits per heavy atom. The normalized spacial score (nSPS) is 18.2. The third-order valence-corrected chi connectivity index (χ3v) is 3.58. The summed E-state index contributed by atoms with van der Waals surface area (Å²) >= 11 is 0. The molecule has 1 aliphatic rings. The third kappa shape index (κ3) is 4.87. The largest absolute Gasteiger partial charge is 0.497 e. The zero-order chi connectivity index (χ0) is 17.0. The number of halogens is 3. The van der Waals surface area contributed by atoms with Gasteiger partial charge in [0.25, 0.3) is 0 Å². The second-order valence-electron chi connectivity index (χ2n) is 5.36. The van der Waals surface area contributed by atoms with Crippen LogP contribution in [0.5, 0.6) is 5.75 Å². The van der Waals surface area contributed by atoms with Crippen LogP contribution in [0.25, 0.3) is 0 Å². The second-order valence-corrected chi connectivity index (χ2v) is 5.36. The van der Waals surface area contributed by atoms with Crippen LogP contribution in [0.2, 0.25) is 0 Å². The molecular formula is C15H17F3N2O3. The highest BCUT2D eigenvalue weighted by molar-refractivity contribution is 5.89. The predicted octanol–water partition coefficient (Wildman–Crippen LogP) is 1.72. The maximum absolute atomic E-state index is 12.1. The van der Waals surface area contributed by atoms with E-state index in [0.29, 0.717) is 12.3 Å². The van der Waals surface area contributed by atoms with E-state index >= 15 is 0 Å². The van der Waals surface area contributed by atoms with E-state index in [0.717, 1.165) is 5.56 Å². The lowest BCUT2D eigenvalue weighted by Crippen LogP contribution is -2.38. The first-order chi connectivity index (χ1) is 10.8. The fourth-order valence-electron chi connectivity index (χ4n) is 2.38. The molecule has 126 valence electrons. The van der Waals surface area contributed by atoms with E-state index in [1.807, 2.05) is 5.32 Å². The van der Waals surface area contributed by atoms with Crippen LogP contribution in [0.4, 0.5) is 13.2 Å². The number of alkyl halides is 3. The molecule has 8 heteroatoms. The zero-order valence-electron chi connectivity index (χ0n) is 12.5. The molecule has 0 aromatic heterocycles. The van der Waals surface area contributed by atoms with Gasteiger partial charge in [-0.05, 0) is 17.7 Å². The number of ether oxygens (including phenoxy) is 1. The van der Waals surface area contributed by atoms with Crippen molar-refractivity contribution in [2.75, 3.05) is 20.2 Å². The van der Waals surface area contributed by atoms with Crippen molar-refractivity contribution in [1.82, 2.24) is 10.2 Å². The van der Waals surface area contributed by atoms with Crippen LogP contribution in [0.1, 0.15) is 12.0 Å². The predicted molar refractivity (Wildman–Crippen MR) is 75.6 cm³/mol. The number of benzene rings is 1. The van der Waals surface area contributed by atoms with Crippen LogP contribution < -0.4 is 10.1 Å². The monoisotopic (exact) mass is 330 g/mol. The Bertz CT molecular complexity index is 572. The van der Waals surface area contributed by atoms with Gasteiger partial charge >= 0.3 is 6.18 Å². The van der Waals surface area contributed by atoms with E-state index in [1.165, 1.54) is 4.90 Å². The van der Waals surface area contributed by atoms with Crippen molar-refractivity contribution in [2.24, 2.45) is 5.92 Å². The van der Waals surface area contributed by atoms with Crippen LogP contribution in [0.15, 0.2) is 24.3 Å². The Hall–Kier alpha value is -2.25. The summed E-state index contributed by atoms with van der Waals surface area (Å²) < 4.78 is 41.3. The number of hydrogen-bond donors (Lipinski definition) is 1. The van der Waals surface area contributed by atoms with E-state index in [1.54, 1.807) is 31.4 Å². The van der Waals surface area contributed by atoms with Crippen LogP contribution in [-0.2, 0) is 16.1 Å². The number of nitrogens with zero attached hydrogens (tertiary/aromatic N) is 1. The molecule has 5 nitrogen and oxygen atoms in total. The Balaban J connectivity index is 1.90. The number of likely N-dealkylation sites (tertiary alicyclic amines) is 1. The number of carbonyl (C=O) groups excluding carboxylic acids is 2. The minimum Gasteiger partial charge on any atom is -0.497 e. The van der Waals surface area contributed by atoms with Crippen molar-refractivity contribution in [2.45, 2.75) is 19.1 Å². The minimum absolute atomic E-state index is 0.0696. The lowest BCUT2D eigenvalue weighted by molar-refractivity contribution is -0.140. The third-order valence-electron chi connectivity index (χ3n) is 3.58. The molecule has 0 bridgehead atoms. The average molecular weight is 330 g/mol. The van der Waals surface area contributed by atoms with Crippen molar-refractivity contribution >= 4 is 11.8 Å². The Morgan fingerprint density at radius 1 is 1.35 bits per heavy atom. The molecule has 1 heterocycles. The average Bonchev–Trinajstić information content (AvgIpc) is 2.86. The van der Waals surface area contributed by atoms with E-state index in [4.69, 9.17) is 4.74 Å². The number of hydrogen-bond acceptors (Lipinski definition) is 3. The standard InChI is InChI=1S/C15H17F3N2O3/c1-23-12-4-2-10(3-5-12)7-20-8-11(6-13(20)21)14(22)19-9-15(16,17)18/h2-5,11H,6-9H2,1H3,(H,19,22). The highest BCUT2D eigenvalue weighted by Gasteiger charge is 2.36. The first-order valence-electron chi connectivity index (χ1n) is 7.03. The van der Waals surface area contributed by atoms with Gasteiger partial charge in [-0.2, -0.15) is 13.2 Å². The topological polar surface area (TPSA) is 58.6 Å². The van der Waals surface area contributed by atoms with E-state index in [2.05, 4.69) is 0 Å². The Kier molecular flexibility index (Phi) is 5.12. The van der Waals surface area contributed by atoms with Crippen molar-refractivity contribution in [1.29, 1.82) is 0 Å². The molecule has 1 saturated heterocycles. The number of nitrogens with one attached hydrogen (secondary N) is 1. The summed E-state index contributed by atoms with van der Waals surface area (Å²) in [6.07, 6.45) is -4.53. The molecule has 0 aliphatic carbocycles. The van der Waals surface area contributed by atoms with Gasteiger partial charge in [0.1, 0.15) is 12.3 Å². The van der Waals surface area contributed by atoms with Crippen LogP contribution in [0.3, 0.4) is 0 Å². The molecule has 1 aliphatic heterocycles. The van der Waals surface area contributed by atoms with Gasteiger partial charge in [-0.15, -0.1) is 0 Å². The molecule has 1 aromatic rings. The molecule has 1 aromatic carbocycles. The quantitative estimate of drug-likeness (QED) is 0.894. The first-order valence-corrected chi connectivity index (χ1v) is 7.03. The molecular weight excluding hydrogens is 313 g/mol. The smallest absolute Gasteiger partial charge is 0.405 e. The molecule has 1 unspecified atom stereocenters. The fourth-order valence-corrected chi connectivity index (χ4v) is 2.38. The zero-order valence-corrected chi connectivity index (χ0v) is 12.5. The molecule has 0 radical (unpaired) electrons. The SMILES string of the molecule is COc1ccc(CN2CC(C(=O)NCC(F)(F)F)CC2=O)cc1. The number of methoxy groups -OCH3 is 1. The summed E-state index contributed by atoms with van der Waals surface area (Å²) in [5.41, 5.74) is 0.857. The van der Waals surface area contributed by atoms with Gasteiger partial charge < -0.3 is 15.0 Å². The molecule has 1 atom stereocenters. The van der Waals surface area contributed by atoms with Crippen molar-refractivity contribution < 1.29 is 27.5 Å². The second kappa shape index (κ2) is 6.89. The molecule has 23 heavy (non-hydrogen) atoms. The van der Waals surface area contributed by atoms with Gasteiger partial charge in [-0.25, -0.2) is 0 Å². The minimum atomic E-state index is -4.46.